The Balaban J connectivity index is 2.31. The van der Waals surface area contributed by atoms with Gasteiger partial charge in [0.1, 0.15) is 4.75 Å². The van der Waals surface area contributed by atoms with Crippen molar-refractivity contribution >= 4 is 10.1 Å². The lowest BCUT2D eigenvalue weighted by Gasteiger charge is -2.40. The van der Waals surface area contributed by atoms with Crippen LogP contribution in [0, 0.1) is 5.92 Å². The molecule has 0 saturated carbocycles. The second-order valence-corrected chi connectivity index (χ2v) is 7.20. The minimum Gasteiger partial charge on any atom is -0.306 e. The van der Waals surface area contributed by atoms with E-state index in [1.807, 2.05) is 26.1 Å². The van der Waals surface area contributed by atoms with Crippen LogP contribution in [0.3, 0.4) is 0 Å². The number of likely N-dealkylation sites (tertiary alicyclic amines) is 1. The Morgan fingerprint density at radius 2 is 2.00 bits per heavy atom. The third-order valence-corrected chi connectivity index (χ3v) is 5.86. The van der Waals surface area contributed by atoms with Crippen molar-refractivity contribution in [3.05, 3.63) is 23.8 Å². The van der Waals surface area contributed by atoms with Gasteiger partial charge in [0.15, 0.2) is 0 Å². The molecule has 1 aliphatic heterocycles. The number of hydrogen-bond donors (Lipinski definition) is 1. The van der Waals surface area contributed by atoms with E-state index in [1.165, 1.54) is 0 Å². The van der Waals surface area contributed by atoms with Crippen molar-refractivity contribution in [2.75, 3.05) is 20.1 Å². The molecule has 0 aromatic carbocycles. The van der Waals surface area contributed by atoms with Gasteiger partial charge in [-0.3, -0.25) is 4.55 Å². The smallest absolute Gasteiger partial charge is 0.274 e. The first kappa shape index (κ1) is 13.8. The van der Waals surface area contributed by atoms with Gasteiger partial charge in [0, 0.05) is 0 Å². The zero-order valence-electron chi connectivity index (χ0n) is 11.0. The zero-order chi connectivity index (χ0) is 13.4. The number of rotatable bonds is 2. The summed E-state index contributed by atoms with van der Waals surface area (Å²) in [7, 11) is -2.04. The Hall–Kier alpha value is -0.650. The molecule has 0 radical (unpaired) electrons. The molecule has 0 aromatic heterocycles. The molecule has 1 unspecified atom stereocenters. The van der Waals surface area contributed by atoms with E-state index < -0.39 is 14.9 Å². The Kier molecular flexibility index (Phi) is 3.67. The molecule has 1 aliphatic carbocycles. The van der Waals surface area contributed by atoms with Crippen molar-refractivity contribution in [2.24, 2.45) is 5.92 Å². The maximum atomic E-state index is 11.9. The molecule has 0 amide bonds. The predicted molar refractivity (Wildman–Crippen MR) is 72.0 cm³/mol. The lowest BCUT2D eigenvalue weighted by atomic mass is 9.79. The summed E-state index contributed by atoms with van der Waals surface area (Å²) in [6.45, 7) is 3.72. The van der Waals surface area contributed by atoms with Crippen LogP contribution in [0.2, 0.25) is 0 Å². The highest BCUT2D eigenvalue weighted by Gasteiger charge is 2.48. The zero-order valence-corrected chi connectivity index (χ0v) is 11.8. The highest BCUT2D eigenvalue weighted by atomic mass is 32.2. The number of hydrogen-bond acceptors (Lipinski definition) is 3. The van der Waals surface area contributed by atoms with Gasteiger partial charge in [0.25, 0.3) is 10.1 Å². The molecule has 1 atom stereocenters. The van der Waals surface area contributed by atoms with Crippen molar-refractivity contribution in [3.63, 3.8) is 0 Å². The summed E-state index contributed by atoms with van der Waals surface area (Å²) in [5.74, 6) is 0.00398. The van der Waals surface area contributed by atoms with Gasteiger partial charge in [-0.2, -0.15) is 8.42 Å². The van der Waals surface area contributed by atoms with E-state index in [9.17, 15) is 13.0 Å². The predicted octanol–water partition coefficient (Wildman–Crippen LogP) is 1.86. The first-order valence-corrected chi connectivity index (χ1v) is 7.81. The molecule has 102 valence electrons. The third kappa shape index (κ3) is 2.39. The summed E-state index contributed by atoms with van der Waals surface area (Å²) in [5.41, 5.74) is 1.06. The molecule has 2 rings (SSSR count). The van der Waals surface area contributed by atoms with Gasteiger partial charge in [0.2, 0.25) is 0 Å². The summed E-state index contributed by atoms with van der Waals surface area (Å²) in [6, 6.07) is 0. The SMILES string of the molecule is CC1=CCC(C2CCN(C)CC2)(S(=O)(=O)O)C=C1. The largest absolute Gasteiger partial charge is 0.306 e. The maximum absolute atomic E-state index is 11.9. The lowest BCUT2D eigenvalue weighted by molar-refractivity contribution is 0.192. The molecule has 1 fully saturated rings. The van der Waals surface area contributed by atoms with E-state index in [-0.39, 0.29) is 5.92 Å². The number of nitrogens with zero attached hydrogens (tertiary/aromatic N) is 1. The fraction of sp³-hybridized carbons (Fsp3) is 0.692. The summed E-state index contributed by atoms with van der Waals surface area (Å²) in [6.07, 6.45) is 7.44. The Morgan fingerprint density at radius 1 is 1.39 bits per heavy atom. The monoisotopic (exact) mass is 271 g/mol. The Bertz CT molecular complexity index is 472. The second kappa shape index (κ2) is 4.79. The number of allylic oxidation sites excluding steroid dienone is 3. The van der Waals surface area contributed by atoms with E-state index in [0.717, 1.165) is 31.5 Å². The molecule has 5 heteroatoms. The molecular formula is C13H21NO3S. The molecule has 1 saturated heterocycles. The van der Waals surface area contributed by atoms with Crippen LogP contribution in [0.4, 0.5) is 0 Å². The molecule has 0 aromatic rings. The normalized spacial score (nSPS) is 31.4. The lowest BCUT2D eigenvalue weighted by Crippen LogP contribution is -2.48. The van der Waals surface area contributed by atoms with Crippen molar-refractivity contribution in [3.8, 4) is 0 Å². The van der Waals surface area contributed by atoms with Crippen LogP contribution in [-0.2, 0) is 10.1 Å². The van der Waals surface area contributed by atoms with Crippen LogP contribution in [0.15, 0.2) is 23.8 Å². The van der Waals surface area contributed by atoms with Gasteiger partial charge in [-0.1, -0.05) is 23.8 Å². The van der Waals surface area contributed by atoms with Crippen LogP contribution in [0.1, 0.15) is 26.2 Å². The van der Waals surface area contributed by atoms with E-state index in [1.54, 1.807) is 6.08 Å². The highest BCUT2D eigenvalue weighted by molar-refractivity contribution is 7.87. The molecule has 1 N–H and O–H groups in total. The van der Waals surface area contributed by atoms with Gasteiger partial charge in [-0.25, -0.2) is 0 Å². The van der Waals surface area contributed by atoms with E-state index in [4.69, 9.17) is 0 Å². The van der Waals surface area contributed by atoms with Crippen molar-refractivity contribution in [1.82, 2.24) is 4.90 Å². The minimum atomic E-state index is -4.08. The first-order chi connectivity index (χ1) is 8.35. The van der Waals surface area contributed by atoms with Crippen molar-refractivity contribution < 1.29 is 13.0 Å². The molecular weight excluding hydrogens is 250 g/mol. The standard InChI is InChI=1S/C13H21NO3S/c1-11-3-7-13(8-4-11,18(15,16)17)12-5-9-14(2)10-6-12/h3-4,7,12H,5-6,8-10H2,1-2H3,(H,15,16,17). The summed E-state index contributed by atoms with van der Waals surface area (Å²) >= 11 is 0. The quantitative estimate of drug-likeness (QED) is 0.779. The molecule has 2 aliphatic rings. The maximum Gasteiger partial charge on any atom is 0.274 e. The summed E-state index contributed by atoms with van der Waals surface area (Å²) in [5, 5.41) is 0. The Labute approximate surface area is 109 Å². The summed E-state index contributed by atoms with van der Waals surface area (Å²) < 4.78 is 32.3. The number of piperidine rings is 1. The van der Waals surface area contributed by atoms with Crippen LogP contribution < -0.4 is 0 Å². The second-order valence-electron chi connectivity index (χ2n) is 5.49. The molecule has 1 heterocycles. The van der Waals surface area contributed by atoms with Gasteiger partial charge in [-0.05, 0) is 52.2 Å². The van der Waals surface area contributed by atoms with Crippen LogP contribution in [-0.4, -0.2) is 42.8 Å². The van der Waals surface area contributed by atoms with Crippen LogP contribution >= 0.6 is 0 Å². The van der Waals surface area contributed by atoms with E-state index >= 15 is 0 Å². The fourth-order valence-corrected chi connectivity index (χ4v) is 4.12. The first-order valence-electron chi connectivity index (χ1n) is 6.37. The van der Waals surface area contributed by atoms with Crippen LogP contribution in [0.25, 0.3) is 0 Å². The average Bonchev–Trinajstić information content (AvgIpc) is 2.30. The third-order valence-electron chi connectivity index (χ3n) is 4.26. The minimum absolute atomic E-state index is 0.00398. The summed E-state index contributed by atoms with van der Waals surface area (Å²) in [4.78, 5) is 2.20. The molecule has 0 bridgehead atoms. The average molecular weight is 271 g/mol. The van der Waals surface area contributed by atoms with E-state index in [0.29, 0.717) is 6.42 Å². The van der Waals surface area contributed by atoms with Crippen molar-refractivity contribution in [2.45, 2.75) is 30.9 Å². The van der Waals surface area contributed by atoms with Gasteiger partial charge in [-0.15, -0.1) is 0 Å². The Morgan fingerprint density at radius 3 is 2.44 bits per heavy atom. The van der Waals surface area contributed by atoms with Gasteiger partial charge >= 0.3 is 0 Å². The highest BCUT2D eigenvalue weighted by Crippen LogP contribution is 2.40. The topological polar surface area (TPSA) is 57.6 Å². The van der Waals surface area contributed by atoms with E-state index in [2.05, 4.69) is 4.90 Å². The van der Waals surface area contributed by atoms with Gasteiger partial charge in [0.05, 0.1) is 0 Å². The molecule has 18 heavy (non-hydrogen) atoms. The van der Waals surface area contributed by atoms with Crippen molar-refractivity contribution in [1.29, 1.82) is 0 Å². The van der Waals surface area contributed by atoms with Gasteiger partial charge < -0.3 is 4.90 Å². The molecule has 4 nitrogen and oxygen atoms in total. The fourth-order valence-electron chi connectivity index (χ4n) is 2.93. The van der Waals surface area contributed by atoms with Crippen LogP contribution in [0.5, 0.6) is 0 Å². The molecule has 0 spiro atoms.